The molecular formula is C8H6Cl2N2. The number of fused-ring (bicyclic) bond motifs is 1. The average Bonchev–Trinajstić information content (AvgIpc) is 2.07. The van der Waals surface area contributed by atoms with Gasteiger partial charge >= 0.3 is 0 Å². The molecule has 1 aliphatic heterocycles. The Bertz CT molecular complexity index is 336. The Kier molecular flexibility index (Phi) is 1.95. The quantitative estimate of drug-likeness (QED) is 0.506. The highest BCUT2D eigenvalue weighted by molar-refractivity contribution is 6.71. The van der Waals surface area contributed by atoms with E-state index < -0.39 is 5.50 Å². The second-order valence-electron chi connectivity index (χ2n) is 2.46. The molecule has 0 amide bonds. The van der Waals surface area contributed by atoms with Crippen LogP contribution in [0.5, 0.6) is 0 Å². The maximum absolute atomic E-state index is 5.82. The minimum Gasteiger partial charge on any atom is -0.362 e. The van der Waals surface area contributed by atoms with Gasteiger partial charge in [0.1, 0.15) is 5.17 Å². The Labute approximate surface area is 80.2 Å². The predicted octanol–water partition coefficient (Wildman–Crippen LogP) is 2.95. The molecule has 0 aromatic heterocycles. The van der Waals surface area contributed by atoms with E-state index in [9.17, 15) is 0 Å². The molecule has 1 aliphatic rings. The minimum atomic E-state index is -0.401. The van der Waals surface area contributed by atoms with Crippen molar-refractivity contribution in [2.24, 2.45) is 4.99 Å². The monoisotopic (exact) mass is 200 g/mol. The smallest absolute Gasteiger partial charge is 0.155 e. The van der Waals surface area contributed by atoms with E-state index in [2.05, 4.69) is 10.3 Å². The van der Waals surface area contributed by atoms with Gasteiger partial charge in [0, 0.05) is 0 Å². The lowest BCUT2D eigenvalue weighted by atomic mass is 10.2. The van der Waals surface area contributed by atoms with E-state index in [1.54, 1.807) is 0 Å². The van der Waals surface area contributed by atoms with Crippen molar-refractivity contribution in [2.45, 2.75) is 5.50 Å². The van der Waals surface area contributed by atoms with Crippen molar-refractivity contribution in [3.63, 3.8) is 0 Å². The van der Waals surface area contributed by atoms with Crippen LogP contribution >= 0.6 is 23.2 Å². The molecule has 0 radical (unpaired) electrons. The SMILES string of the molecule is ClC1=Nc2ccccc2NC1Cl. The largest absolute Gasteiger partial charge is 0.362 e. The van der Waals surface area contributed by atoms with Gasteiger partial charge in [-0.3, -0.25) is 0 Å². The van der Waals surface area contributed by atoms with Gasteiger partial charge in [0.2, 0.25) is 0 Å². The Balaban J connectivity index is 2.49. The molecule has 4 heteroatoms. The number of para-hydroxylation sites is 2. The van der Waals surface area contributed by atoms with Crippen LogP contribution in [0.3, 0.4) is 0 Å². The normalized spacial score (nSPS) is 20.8. The molecule has 12 heavy (non-hydrogen) atoms. The van der Waals surface area contributed by atoms with Crippen LogP contribution in [0.15, 0.2) is 29.3 Å². The highest BCUT2D eigenvalue weighted by Gasteiger charge is 2.17. The third kappa shape index (κ3) is 1.28. The Morgan fingerprint density at radius 1 is 1.33 bits per heavy atom. The van der Waals surface area contributed by atoms with E-state index in [0.29, 0.717) is 5.17 Å². The molecule has 0 saturated heterocycles. The van der Waals surface area contributed by atoms with E-state index in [1.807, 2.05) is 24.3 Å². The number of benzene rings is 1. The molecular weight excluding hydrogens is 195 g/mol. The Hall–Kier alpha value is -0.730. The molecule has 2 nitrogen and oxygen atoms in total. The molecule has 1 aromatic rings. The molecule has 0 aliphatic carbocycles. The zero-order chi connectivity index (χ0) is 8.55. The summed E-state index contributed by atoms with van der Waals surface area (Å²) in [5, 5.41) is 3.40. The Morgan fingerprint density at radius 3 is 2.92 bits per heavy atom. The van der Waals surface area contributed by atoms with E-state index in [4.69, 9.17) is 23.2 Å². The summed E-state index contributed by atoms with van der Waals surface area (Å²) in [6, 6.07) is 7.62. The van der Waals surface area contributed by atoms with Gasteiger partial charge < -0.3 is 5.32 Å². The first kappa shape index (κ1) is 7.90. The predicted molar refractivity (Wildman–Crippen MR) is 52.7 cm³/mol. The lowest BCUT2D eigenvalue weighted by Gasteiger charge is -2.18. The van der Waals surface area contributed by atoms with Crippen LogP contribution in [0.2, 0.25) is 0 Å². The highest BCUT2D eigenvalue weighted by Crippen LogP contribution is 2.30. The zero-order valence-electron chi connectivity index (χ0n) is 6.09. The number of rotatable bonds is 0. The first-order valence-corrected chi connectivity index (χ1v) is 4.32. The molecule has 0 saturated carbocycles. The summed E-state index contributed by atoms with van der Waals surface area (Å²) in [6.45, 7) is 0. The van der Waals surface area contributed by atoms with E-state index in [-0.39, 0.29) is 0 Å². The molecule has 0 bridgehead atoms. The summed E-state index contributed by atoms with van der Waals surface area (Å²) in [5.41, 5.74) is 1.35. The number of halogens is 2. The number of hydrogen-bond acceptors (Lipinski definition) is 2. The van der Waals surface area contributed by atoms with Crippen molar-refractivity contribution >= 4 is 39.7 Å². The van der Waals surface area contributed by atoms with Gasteiger partial charge in [0.15, 0.2) is 5.50 Å². The topological polar surface area (TPSA) is 24.4 Å². The van der Waals surface area contributed by atoms with Crippen LogP contribution in [0, 0.1) is 0 Å². The zero-order valence-corrected chi connectivity index (χ0v) is 7.60. The Morgan fingerprint density at radius 2 is 2.08 bits per heavy atom. The number of aliphatic imine (C=N–C) groups is 1. The molecule has 1 unspecified atom stereocenters. The summed E-state index contributed by atoms with van der Waals surface area (Å²) in [4.78, 5) is 4.11. The van der Waals surface area contributed by atoms with Crippen LogP contribution in [-0.4, -0.2) is 10.7 Å². The number of alkyl halides is 1. The van der Waals surface area contributed by atoms with E-state index >= 15 is 0 Å². The molecule has 1 N–H and O–H groups in total. The summed E-state index contributed by atoms with van der Waals surface area (Å²) in [6.07, 6.45) is 0. The van der Waals surface area contributed by atoms with Crippen molar-refractivity contribution in [2.75, 3.05) is 5.32 Å². The lowest BCUT2D eigenvalue weighted by Crippen LogP contribution is -2.22. The number of hydrogen-bond donors (Lipinski definition) is 1. The van der Waals surface area contributed by atoms with Crippen LogP contribution in [-0.2, 0) is 0 Å². The van der Waals surface area contributed by atoms with Crippen molar-refractivity contribution in [3.05, 3.63) is 24.3 Å². The molecule has 0 fully saturated rings. The van der Waals surface area contributed by atoms with Gasteiger partial charge in [-0.05, 0) is 12.1 Å². The summed E-state index contributed by atoms with van der Waals surface area (Å²) < 4.78 is 0. The van der Waals surface area contributed by atoms with E-state index in [0.717, 1.165) is 11.4 Å². The van der Waals surface area contributed by atoms with Gasteiger partial charge in [-0.25, -0.2) is 4.99 Å². The fourth-order valence-electron chi connectivity index (χ4n) is 1.06. The number of anilines is 1. The second-order valence-corrected chi connectivity index (χ2v) is 3.28. The summed E-state index contributed by atoms with van der Waals surface area (Å²) in [5.74, 6) is 0. The maximum atomic E-state index is 5.82. The highest BCUT2D eigenvalue weighted by atomic mass is 35.5. The van der Waals surface area contributed by atoms with Crippen molar-refractivity contribution < 1.29 is 0 Å². The number of nitrogens with one attached hydrogen (secondary N) is 1. The average molecular weight is 201 g/mol. The first-order valence-electron chi connectivity index (χ1n) is 3.51. The van der Waals surface area contributed by atoms with Gasteiger partial charge in [-0.15, -0.1) is 0 Å². The summed E-state index contributed by atoms with van der Waals surface area (Å²) in [7, 11) is 0. The van der Waals surface area contributed by atoms with Crippen molar-refractivity contribution in [1.82, 2.24) is 0 Å². The van der Waals surface area contributed by atoms with Gasteiger partial charge in [-0.1, -0.05) is 35.3 Å². The third-order valence-corrected chi connectivity index (χ3v) is 2.35. The van der Waals surface area contributed by atoms with Crippen molar-refractivity contribution in [3.8, 4) is 0 Å². The van der Waals surface area contributed by atoms with Crippen LogP contribution in [0.4, 0.5) is 11.4 Å². The lowest BCUT2D eigenvalue weighted by molar-refractivity contribution is 1.25. The van der Waals surface area contributed by atoms with E-state index in [1.165, 1.54) is 0 Å². The molecule has 62 valence electrons. The molecule has 1 aromatic carbocycles. The standard InChI is InChI=1S/C8H6Cl2N2/c9-7-8(10)12-6-4-2-1-3-5(6)11-7/h1-4,7,11H. The molecule has 2 rings (SSSR count). The molecule has 1 heterocycles. The molecule has 0 spiro atoms. The maximum Gasteiger partial charge on any atom is 0.155 e. The molecule has 1 atom stereocenters. The second kappa shape index (κ2) is 2.96. The van der Waals surface area contributed by atoms with Crippen LogP contribution in [0.1, 0.15) is 0 Å². The van der Waals surface area contributed by atoms with Gasteiger partial charge in [0.25, 0.3) is 0 Å². The third-order valence-electron chi connectivity index (χ3n) is 1.62. The summed E-state index contributed by atoms with van der Waals surface area (Å²) >= 11 is 11.6. The first-order chi connectivity index (χ1) is 5.77. The van der Waals surface area contributed by atoms with Crippen LogP contribution in [0.25, 0.3) is 0 Å². The van der Waals surface area contributed by atoms with Gasteiger partial charge in [-0.2, -0.15) is 0 Å². The minimum absolute atomic E-state index is 0.385. The van der Waals surface area contributed by atoms with Crippen LogP contribution < -0.4 is 5.32 Å². The number of nitrogens with zero attached hydrogens (tertiary/aromatic N) is 1. The fourth-order valence-corrected chi connectivity index (χ4v) is 1.37. The van der Waals surface area contributed by atoms with Gasteiger partial charge in [0.05, 0.1) is 11.4 Å². The van der Waals surface area contributed by atoms with Crippen molar-refractivity contribution in [1.29, 1.82) is 0 Å². The fraction of sp³-hybridized carbons (Fsp3) is 0.125.